The van der Waals surface area contributed by atoms with Gasteiger partial charge in [-0.05, 0) is 13.3 Å². The number of sulfonamides is 1. The van der Waals surface area contributed by atoms with Crippen LogP contribution in [-0.2, 0) is 21.2 Å². The molecule has 0 aliphatic rings. The lowest BCUT2D eigenvalue weighted by Gasteiger charge is -2.04. The molecule has 0 unspecified atom stereocenters. The minimum Gasteiger partial charge on any atom is -0.462 e. The molecule has 0 amide bonds. The van der Waals surface area contributed by atoms with Crippen LogP contribution < -0.4 is 4.72 Å². The van der Waals surface area contributed by atoms with Crippen LogP contribution in [0.1, 0.15) is 29.2 Å². The second-order valence-corrected chi connectivity index (χ2v) is 6.47. The van der Waals surface area contributed by atoms with Crippen molar-refractivity contribution in [2.45, 2.75) is 25.3 Å². The molecule has 9 nitrogen and oxygen atoms in total. The lowest BCUT2D eigenvalue weighted by molar-refractivity contribution is 0.0522. The van der Waals surface area contributed by atoms with E-state index in [9.17, 15) is 13.2 Å². The number of esters is 1. The number of aryl methyl sites for hydroxylation is 1. The van der Waals surface area contributed by atoms with Gasteiger partial charge in [-0.1, -0.05) is 18.3 Å². The van der Waals surface area contributed by atoms with E-state index in [0.717, 1.165) is 17.5 Å². The van der Waals surface area contributed by atoms with Gasteiger partial charge in [0.15, 0.2) is 5.03 Å². The van der Waals surface area contributed by atoms with Crippen molar-refractivity contribution in [1.29, 1.82) is 0 Å². The van der Waals surface area contributed by atoms with Gasteiger partial charge in [0, 0.05) is 0 Å². The third-order valence-electron chi connectivity index (χ3n) is 2.36. The van der Waals surface area contributed by atoms with Crippen LogP contribution in [0, 0.1) is 0 Å². The molecule has 2 aromatic heterocycles. The van der Waals surface area contributed by atoms with Crippen molar-refractivity contribution in [2.24, 2.45) is 0 Å². The fourth-order valence-electron chi connectivity index (χ4n) is 1.44. The fraction of sp³-hybridized carbons (Fsp3) is 0.400. The molecule has 0 aromatic carbocycles. The van der Waals surface area contributed by atoms with Gasteiger partial charge in [-0.15, -0.1) is 10.2 Å². The number of carbonyl (C=O) groups is 1. The Bertz CT molecular complexity index is 736. The van der Waals surface area contributed by atoms with Crippen molar-refractivity contribution in [2.75, 3.05) is 11.3 Å². The SMILES string of the molecule is CCOC(=O)c1cn[nH]c1S(=O)(=O)Nc1nnc(CC)s1. The predicted molar refractivity (Wildman–Crippen MR) is 74.6 cm³/mol. The molecule has 2 rings (SSSR count). The predicted octanol–water partition coefficient (Wildman–Crippen LogP) is 0.801. The molecule has 0 spiro atoms. The number of aromatic amines is 1. The molecular weight excluding hydrogens is 318 g/mol. The van der Waals surface area contributed by atoms with Crippen LogP contribution in [0.3, 0.4) is 0 Å². The van der Waals surface area contributed by atoms with Gasteiger partial charge in [0.25, 0.3) is 10.0 Å². The number of aromatic nitrogens is 4. The molecule has 114 valence electrons. The number of rotatable bonds is 6. The van der Waals surface area contributed by atoms with E-state index in [-0.39, 0.29) is 22.3 Å². The second-order valence-electron chi connectivity index (χ2n) is 3.79. The van der Waals surface area contributed by atoms with E-state index >= 15 is 0 Å². The Hall–Kier alpha value is -2.01. The molecule has 0 atom stereocenters. The monoisotopic (exact) mass is 331 g/mol. The Morgan fingerprint density at radius 2 is 2.19 bits per heavy atom. The summed E-state index contributed by atoms with van der Waals surface area (Å²) in [5, 5.41) is 13.8. The van der Waals surface area contributed by atoms with Gasteiger partial charge in [-0.2, -0.15) is 13.5 Å². The van der Waals surface area contributed by atoms with Crippen LogP contribution in [0.5, 0.6) is 0 Å². The van der Waals surface area contributed by atoms with Gasteiger partial charge in [-0.3, -0.25) is 9.82 Å². The summed E-state index contributed by atoms with van der Waals surface area (Å²) in [5.41, 5.74) is -0.162. The topological polar surface area (TPSA) is 127 Å². The van der Waals surface area contributed by atoms with Crippen molar-refractivity contribution >= 4 is 32.5 Å². The Morgan fingerprint density at radius 1 is 1.43 bits per heavy atom. The maximum atomic E-state index is 12.2. The van der Waals surface area contributed by atoms with Crippen LogP contribution in [0.2, 0.25) is 0 Å². The maximum absolute atomic E-state index is 12.2. The standard InChI is InChI=1S/C10H13N5O4S2/c1-3-7-12-14-10(20-7)15-21(17,18)8-6(5-11-13-8)9(16)19-4-2/h5H,3-4H2,1-2H3,(H,11,13)(H,14,15). The molecule has 0 saturated carbocycles. The van der Waals surface area contributed by atoms with E-state index in [2.05, 4.69) is 25.1 Å². The first-order chi connectivity index (χ1) is 9.97. The Labute approximate surface area is 124 Å². The van der Waals surface area contributed by atoms with E-state index < -0.39 is 16.0 Å². The normalized spacial score (nSPS) is 11.3. The molecule has 0 fully saturated rings. The summed E-state index contributed by atoms with van der Waals surface area (Å²) in [6.45, 7) is 3.64. The van der Waals surface area contributed by atoms with Crippen molar-refractivity contribution in [3.63, 3.8) is 0 Å². The summed E-state index contributed by atoms with van der Waals surface area (Å²) in [7, 11) is -4.02. The number of ether oxygens (including phenoxy) is 1. The average molecular weight is 331 g/mol. The van der Waals surface area contributed by atoms with Crippen molar-refractivity contribution < 1.29 is 17.9 Å². The van der Waals surface area contributed by atoms with E-state index in [1.54, 1.807) is 6.92 Å². The van der Waals surface area contributed by atoms with E-state index in [1.165, 1.54) is 0 Å². The van der Waals surface area contributed by atoms with Crippen LogP contribution in [0.15, 0.2) is 11.2 Å². The number of hydrogen-bond donors (Lipinski definition) is 2. The molecule has 0 aliphatic heterocycles. The van der Waals surface area contributed by atoms with Crippen LogP contribution in [-0.4, -0.2) is 41.4 Å². The molecule has 0 saturated heterocycles. The molecule has 21 heavy (non-hydrogen) atoms. The van der Waals surface area contributed by atoms with Gasteiger partial charge < -0.3 is 4.74 Å². The first-order valence-corrected chi connectivity index (χ1v) is 8.33. The zero-order valence-corrected chi connectivity index (χ0v) is 12.9. The highest BCUT2D eigenvalue weighted by molar-refractivity contribution is 7.92. The minimum absolute atomic E-state index is 0.122. The van der Waals surface area contributed by atoms with Gasteiger partial charge in [0.2, 0.25) is 5.13 Å². The minimum atomic E-state index is -4.02. The molecule has 0 aliphatic carbocycles. The molecule has 0 radical (unpaired) electrons. The molecule has 11 heteroatoms. The van der Waals surface area contributed by atoms with Gasteiger partial charge in [0.05, 0.1) is 12.8 Å². The van der Waals surface area contributed by atoms with Crippen LogP contribution in [0.4, 0.5) is 5.13 Å². The molecule has 2 heterocycles. The Balaban J connectivity index is 2.28. The first-order valence-electron chi connectivity index (χ1n) is 6.03. The molecular formula is C10H13N5O4S2. The average Bonchev–Trinajstić information content (AvgIpc) is 3.06. The largest absolute Gasteiger partial charge is 0.462 e. The van der Waals surface area contributed by atoms with Crippen molar-refractivity contribution in [3.8, 4) is 0 Å². The van der Waals surface area contributed by atoms with Crippen LogP contribution >= 0.6 is 11.3 Å². The highest BCUT2D eigenvalue weighted by Gasteiger charge is 2.27. The first kappa shape index (κ1) is 15.4. The number of hydrogen-bond acceptors (Lipinski definition) is 8. The number of anilines is 1. The summed E-state index contributed by atoms with van der Waals surface area (Å²) < 4.78 is 31.5. The summed E-state index contributed by atoms with van der Waals surface area (Å²) in [4.78, 5) is 11.7. The Kier molecular flexibility index (Phi) is 4.53. The van der Waals surface area contributed by atoms with Gasteiger partial charge >= 0.3 is 5.97 Å². The lowest BCUT2D eigenvalue weighted by Crippen LogP contribution is -2.17. The number of H-pyrrole nitrogens is 1. The quantitative estimate of drug-likeness (QED) is 0.749. The Morgan fingerprint density at radius 3 is 2.81 bits per heavy atom. The highest BCUT2D eigenvalue weighted by Crippen LogP contribution is 2.21. The smallest absolute Gasteiger partial charge is 0.342 e. The lowest BCUT2D eigenvalue weighted by atomic mass is 10.4. The van der Waals surface area contributed by atoms with E-state index in [4.69, 9.17) is 4.74 Å². The zero-order valence-electron chi connectivity index (χ0n) is 11.3. The molecule has 2 aromatic rings. The second kappa shape index (κ2) is 6.18. The molecule has 2 N–H and O–H groups in total. The highest BCUT2D eigenvalue weighted by atomic mass is 32.2. The van der Waals surface area contributed by atoms with Crippen molar-refractivity contribution in [1.82, 2.24) is 20.4 Å². The fourth-order valence-corrected chi connectivity index (χ4v) is 3.43. The summed E-state index contributed by atoms with van der Waals surface area (Å²) in [5.74, 6) is -0.766. The third kappa shape index (κ3) is 3.36. The third-order valence-corrected chi connectivity index (χ3v) is 4.78. The zero-order chi connectivity index (χ0) is 15.5. The number of nitrogens with zero attached hydrogens (tertiary/aromatic N) is 3. The summed E-state index contributed by atoms with van der Waals surface area (Å²) in [6, 6.07) is 0. The van der Waals surface area contributed by atoms with Crippen molar-refractivity contribution in [3.05, 3.63) is 16.8 Å². The summed E-state index contributed by atoms with van der Waals surface area (Å²) in [6.07, 6.45) is 1.75. The van der Waals surface area contributed by atoms with Gasteiger partial charge in [-0.25, -0.2) is 4.79 Å². The summed E-state index contributed by atoms with van der Waals surface area (Å²) >= 11 is 1.12. The van der Waals surface area contributed by atoms with E-state index in [0.29, 0.717) is 11.4 Å². The number of carbonyl (C=O) groups excluding carboxylic acids is 1. The van der Waals surface area contributed by atoms with Crippen LogP contribution in [0.25, 0.3) is 0 Å². The van der Waals surface area contributed by atoms with E-state index in [1.807, 2.05) is 6.92 Å². The molecule has 0 bridgehead atoms. The number of nitrogens with one attached hydrogen (secondary N) is 2. The van der Waals surface area contributed by atoms with Gasteiger partial charge in [0.1, 0.15) is 10.6 Å². The maximum Gasteiger partial charge on any atom is 0.342 e.